The standard InChI is InChI=1S/C23H21OS/c1-14-5-7-21-19(12-14)23(24)20-13-15(2)6-8-22(20)25(21)18-10-16(3)9-17(4)11-18/h5-13H,1-4H3/q+1. The van der Waals surface area contributed by atoms with Gasteiger partial charge in [-0.2, -0.15) is 0 Å². The molecule has 0 atom stereocenters. The summed E-state index contributed by atoms with van der Waals surface area (Å²) in [7, 11) is -0.237. The first-order chi connectivity index (χ1) is 11.9. The molecule has 1 aromatic heterocycles. The second-order valence-corrected chi connectivity index (χ2v) is 8.92. The van der Waals surface area contributed by atoms with Crippen molar-refractivity contribution in [3.05, 3.63) is 87.1 Å². The minimum atomic E-state index is -0.237. The van der Waals surface area contributed by atoms with Gasteiger partial charge in [-0.15, -0.1) is 0 Å². The minimum absolute atomic E-state index is 0.158. The molecule has 3 aromatic carbocycles. The Morgan fingerprint density at radius 2 is 1.08 bits per heavy atom. The zero-order valence-corrected chi connectivity index (χ0v) is 15.8. The fraction of sp³-hybridized carbons (Fsp3) is 0.174. The first kappa shape index (κ1) is 16.0. The second-order valence-electron chi connectivity index (χ2n) is 6.96. The summed E-state index contributed by atoms with van der Waals surface area (Å²) in [4.78, 5) is 14.4. The largest absolute Gasteiger partial charge is 0.288 e. The molecule has 0 bridgehead atoms. The van der Waals surface area contributed by atoms with Crippen LogP contribution in [-0.2, 0) is 0 Å². The van der Waals surface area contributed by atoms with Crippen molar-refractivity contribution in [2.75, 3.05) is 0 Å². The van der Waals surface area contributed by atoms with Crippen molar-refractivity contribution < 1.29 is 0 Å². The lowest BCUT2D eigenvalue weighted by atomic mass is 10.1. The highest BCUT2D eigenvalue weighted by Crippen LogP contribution is 2.44. The van der Waals surface area contributed by atoms with Crippen molar-refractivity contribution in [2.24, 2.45) is 0 Å². The molecule has 0 radical (unpaired) electrons. The SMILES string of the molecule is Cc1cc(C)cc(-[s+]2c3ccc(C)cc3c(=O)c3cc(C)ccc32)c1. The zero-order chi connectivity index (χ0) is 17.7. The van der Waals surface area contributed by atoms with Crippen LogP contribution in [0.3, 0.4) is 0 Å². The van der Waals surface area contributed by atoms with Crippen LogP contribution in [0, 0.1) is 27.7 Å². The van der Waals surface area contributed by atoms with E-state index >= 15 is 0 Å². The number of hydrogen-bond acceptors (Lipinski definition) is 1. The third-order valence-corrected chi connectivity index (χ3v) is 6.93. The molecule has 0 aliphatic carbocycles. The summed E-state index contributed by atoms with van der Waals surface area (Å²) in [6, 6.07) is 19.4. The molecule has 2 heteroatoms. The Labute approximate surface area is 150 Å². The van der Waals surface area contributed by atoms with Gasteiger partial charge in [0, 0.05) is 22.6 Å². The van der Waals surface area contributed by atoms with Crippen LogP contribution in [0.25, 0.3) is 25.1 Å². The van der Waals surface area contributed by atoms with Crippen LogP contribution in [-0.4, -0.2) is 0 Å². The fourth-order valence-electron chi connectivity index (χ4n) is 3.57. The number of aryl methyl sites for hydroxylation is 4. The fourth-order valence-corrected chi connectivity index (χ4v) is 6.07. The van der Waals surface area contributed by atoms with E-state index in [1.165, 1.54) is 16.0 Å². The summed E-state index contributed by atoms with van der Waals surface area (Å²) in [5.41, 5.74) is 4.95. The van der Waals surface area contributed by atoms with Crippen molar-refractivity contribution in [1.82, 2.24) is 0 Å². The Morgan fingerprint density at radius 1 is 0.600 bits per heavy atom. The van der Waals surface area contributed by atoms with Gasteiger partial charge in [0.25, 0.3) is 0 Å². The Bertz CT molecular complexity index is 1110. The van der Waals surface area contributed by atoms with E-state index in [0.717, 1.165) is 31.3 Å². The van der Waals surface area contributed by atoms with Crippen molar-refractivity contribution in [1.29, 1.82) is 0 Å². The average Bonchev–Trinajstić information content (AvgIpc) is 2.55. The monoisotopic (exact) mass is 345 g/mol. The van der Waals surface area contributed by atoms with Crippen LogP contribution < -0.4 is 5.43 Å². The molecule has 0 aliphatic rings. The molecule has 0 N–H and O–H groups in total. The van der Waals surface area contributed by atoms with E-state index in [1.807, 2.05) is 26.0 Å². The molecule has 0 unspecified atom stereocenters. The highest BCUT2D eigenvalue weighted by molar-refractivity contribution is 7.49. The molecule has 1 nitrogen and oxygen atoms in total. The first-order valence-electron chi connectivity index (χ1n) is 8.52. The maximum atomic E-state index is 13.1. The molecule has 0 saturated heterocycles. The maximum absolute atomic E-state index is 13.1. The topological polar surface area (TPSA) is 17.1 Å². The number of hydrogen-bond donors (Lipinski definition) is 0. The van der Waals surface area contributed by atoms with Gasteiger partial charge in [-0.3, -0.25) is 4.79 Å². The lowest BCUT2D eigenvalue weighted by molar-refractivity contribution is 1.40. The molecule has 4 aromatic rings. The van der Waals surface area contributed by atoms with Crippen LogP contribution in [0.15, 0.2) is 59.4 Å². The number of fused-ring (bicyclic) bond motifs is 2. The molecule has 25 heavy (non-hydrogen) atoms. The Balaban J connectivity index is 2.28. The molecule has 1 heterocycles. The van der Waals surface area contributed by atoms with E-state index < -0.39 is 0 Å². The summed E-state index contributed by atoms with van der Waals surface area (Å²) in [6.07, 6.45) is 0. The predicted octanol–water partition coefficient (Wildman–Crippen LogP) is 6.33. The van der Waals surface area contributed by atoms with Crippen LogP contribution in [0.5, 0.6) is 0 Å². The molecule has 0 saturated carbocycles. The Kier molecular flexibility index (Phi) is 3.73. The van der Waals surface area contributed by atoms with Gasteiger partial charge in [0.05, 0.1) is 10.8 Å². The van der Waals surface area contributed by atoms with E-state index in [-0.39, 0.29) is 15.9 Å². The predicted molar refractivity (Wildman–Crippen MR) is 110 cm³/mol. The average molecular weight is 345 g/mol. The lowest BCUT2D eigenvalue weighted by Crippen LogP contribution is -2.03. The summed E-state index contributed by atoms with van der Waals surface area (Å²) >= 11 is 0. The summed E-state index contributed by atoms with van der Waals surface area (Å²) in [6.45, 7) is 8.38. The Morgan fingerprint density at radius 3 is 1.56 bits per heavy atom. The lowest BCUT2D eigenvalue weighted by Gasteiger charge is -2.06. The van der Waals surface area contributed by atoms with Crippen molar-refractivity contribution in [3.8, 4) is 4.90 Å². The minimum Gasteiger partial charge on any atom is -0.288 e. The van der Waals surface area contributed by atoms with E-state index in [4.69, 9.17) is 0 Å². The second kappa shape index (κ2) is 5.82. The maximum Gasteiger partial charge on any atom is 0.204 e. The Hall–Kier alpha value is -2.45. The van der Waals surface area contributed by atoms with E-state index in [9.17, 15) is 4.79 Å². The molecule has 0 spiro atoms. The van der Waals surface area contributed by atoms with E-state index in [1.54, 1.807) is 0 Å². The summed E-state index contributed by atoms with van der Waals surface area (Å²) in [5, 5.41) is 1.72. The van der Waals surface area contributed by atoms with E-state index in [0.29, 0.717) is 0 Å². The first-order valence-corrected chi connectivity index (χ1v) is 9.75. The molecule has 0 fully saturated rings. The van der Waals surface area contributed by atoms with Crippen molar-refractivity contribution in [3.63, 3.8) is 0 Å². The quantitative estimate of drug-likeness (QED) is 0.291. The molecular weight excluding hydrogens is 324 g/mol. The van der Waals surface area contributed by atoms with Crippen LogP contribution >= 0.6 is 10.5 Å². The number of benzene rings is 3. The third kappa shape index (κ3) is 2.67. The summed E-state index contributed by atoms with van der Waals surface area (Å²) in [5.74, 6) is 0. The van der Waals surface area contributed by atoms with Gasteiger partial charge in [0.1, 0.15) is 0 Å². The van der Waals surface area contributed by atoms with Crippen molar-refractivity contribution >= 4 is 30.6 Å². The third-order valence-electron chi connectivity index (χ3n) is 4.63. The van der Waals surface area contributed by atoms with Gasteiger partial charge in [-0.25, -0.2) is 0 Å². The van der Waals surface area contributed by atoms with Gasteiger partial charge in [-0.05, 0) is 74.2 Å². The van der Waals surface area contributed by atoms with E-state index in [2.05, 4.69) is 56.3 Å². The van der Waals surface area contributed by atoms with Crippen LogP contribution in [0.4, 0.5) is 0 Å². The highest BCUT2D eigenvalue weighted by atomic mass is 32.2. The molecule has 4 rings (SSSR count). The summed E-state index contributed by atoms with van der Waals surface area (Å²) < 4.78 is 2.30. The molecule has 0 amide bonds. The molecular formula is C23H21OS+. The van der Waals surface area contributed by atoms with Gasteiger partial charge in [0.2, 0.25) is 5.43 Å². The number of rotatable bonds is 1. The highest BCUT2D eigenvalue weighted by Gasteiger charge is 2.23. The molecule has 0 aliphatic heterocycles. The van der Waals surface area contributed by atoms with Gasteiger partial charge in [0.15, 0.2) is 14.3 Å². The molecule has 124 valence electrons. The van der Waals surface area contributed by atoms with Crippen molar-refractivity contribution in [2.45, 2.75) is 27.7 Å². The normalized spacial score (nSPS) is 11.4. The van der Waals surface area contributed by atoms with Gasteiger partial charge < -0.3 is 0 Å². The van der Waals surface area contributed by atoms with Gasteiger partial charge >= 0.3 is 0 Å². The van der Waals surface area contributed by atoms with Crippen LogP contribution in [0.1, 0.15) is 22.3 Å². The smallest absolute Gasteiger partial charge is 0.204 e. The van der Waals surface area contributed by atoms with Gasteiger partial charge in [-0.1, -0.05) is 18.2 Å². The zero-order valence-electron chi connectivity index (χ0n) is 15.0. The van der Waals surface area contributed by atoms with Crippen LogP contribution in [0.2, 0.25) is 0 Å².